The zero-order valence-corrected chi connectivity index (χ0v) is 18.6. The summed E-state index contributed by atoms with van der Waals surface area (Å²) in [6.45, 7) is 13.8. The Kier molecular flexibility index (Phi) is 7.88. The van der Waals surface area contributed by atoms with E-state index in [1.54, 1.807) is 23.2 Å². The van der Waals surface area contributed by atoms with Gasteiger partial charge >= 0.3 is 6.09 Å². The van der Waals surface area contributed by atoms with Gasteiger partial charge in [-0.2, -0.15) is 0 Å². The van der Waals surface area contributed by atoms with E-state index in [1.807, 2.05) is 46.4 Å². The van der Waals surface area contributed by atoms with Crippen molar-refractivity contribution in [3.05, 3.63) is 23.9 Å². The quantitative estimate of drug-likeness (QED) is 0.716. The van der Waals surface area contributed by atoms with E-state index in [9.17, 15) is 9.59 Å². The molecule has 2 rings (SSSR count). The molecule has 0 N–H and O–H groups in total. The number of nitrogens with zero attached hydrogens (tertiary/aromatic N) is 3. The summed E-state index contributed by atoms with van der Waals surface area (Å²) >= 11 is 0. The first-order valence-electron chi connectivity index (χ1n) is 10.5. The lowest BCUT2D eigenvalue weighted by Gasteiger charge is -2.37. The molecular formula is C22H35N3O4. The molecule has 1 unspecified atom stereocenters. The SMILES string of the molecule is CCOc1ncccc1C(=O)N1CCCC(CN(C(=O)OC(C)(C)C)C(C)C)C1. The topological polar surface area (TPSA) is 72.0 Å². The molecule has 1 aliphatic heterocycles. The molecule has 1 atom stereocenters. The minimum atomic E-state index is -0.533. The summed E-state index contributed by atoms with van der Waals surface area (Å²) in [6, 6.07) is 3.53. The van der Waals surface area contributed by atoms with Crippen molar-refractivity contribution < 1.29 is 19.1 Å². The Morgan fingerprint density at radius 2 is 2.07 bits per heavy atom. The average molecular weight is 406 g/mol. The maximum absolute atomic E-state index is 13.1. The van der Waals surface area contributed by atoms with Gasteiger partial charge in [0.05, 0.1) is 6.61 Å². The van der Waals surface area contributed by atoms with Crippen molar-refractivity contribution in [2.45, 2.75) is 66.0 Å². The predicted octanol–water partition coefficient (Wildman–Crippen LogP) is 3.98. The summed E-state index contributed by atoms with van der Waals surface area (Å²) in [7, 11) is 0. The molecule has 29 heavy (non-hydrogen) atoms. The Labute approximate surface area is 174 Å². The third-order valence-corrected chi connectivity index (χ3v) is 4.80. The van der Waals surface area contributed by atoms with Gasteiger partial charge in [0.15, 0.2) is 0 Å². The second-order valence-corrected chi connectivity index (χ2v) is 8.78. The van der Waals surface area contributed by atoms with E-state index >= 15 is 0 Å². The first-order valence-corrected chi connectivity index (χ1v) is 10.5. The Morgan fingerprint density at radius 3 is 2.69 bits per heavy atom. The van der Waals surface area contributed by atoms with E-state index in [0.29, 0.717) is 37.7 Å². The van der Waals surface area contributed by atoms with Gasteiger partial charge in [0.25, 0.3) is 5.91 Å². The molecule has 1 saturated heterocycles. The molecule has 0 saturated carbocycles. The summed E-state index contributed by atoms with van der Waals surface area (Å²) in [4.78, 5) is 33.5. The third-order valence-electron chi connectivity index (χ3n) is 4.80. The molecule has 0 bridgehead atoms. The third kappa shape index (κ3) is 6.61. The number of aromatic nitrogens is 1. The number of amides is 2. The molecule has 162 valence electrons. The van der Waals surface area contributed by atoms with Crippen LogP contribution in [0.25, 0.3) is 0 Å². The zero-order chi connectivity index (χ0) is 21.6. The molecule has 7 nitrogen and oxygen atoms in total. The summed E-state index contributed by atoms with van der Waals surface area (Å²) in [6.07, 6.45) is 3.20. The number of likely N-dealkylation sites (tertiary alicyclic amines) is 1. The number of carbonyl (C=O) groups excluding carboxylic acids is 2. The molecule has 1 aliphatic rings. The standard InChI is InChI=1S/C22H35N3O4/c1-7-28-19-18(11-8-12-23-19)20(26)24-13-9-10-17(14-24)15-25(16(2)3)21(27)29-22(4,5)6/h8,11-12,16-17H,7,9-10,13-15H2,1-6H3. The van der Waals surface area contributed by atoms with Crippen molar-refractivity contribution >= 4 is 12.0 Å². The summed E-state index contributed by atoms with van der Waals surface area (Å²) < 4.78 is 11.1. The normalized spacial score (nSPS) is 17.2. The Morgan fingerprint density at radius 1 is 1.34 bits per heavy atom. The molecule has 1 fully saturated rings. The molecule has 1 aromatic rings. The van der Waals surface area contributed by atoms with Gasteiger partial charge in [-0.15, -0.1) is 0 Å². The molecule has 0 radical (unpaired) electrons. The van der Waals surface area contributed by atoms with Crippen LogP contribution in [0, 0.1) is 5.92 Å². The van der Waals surface area contributed by atoms with Gasteiger partial charge in [-0.25, -0.2) is 9.78 Å². The predicted molar refractivity (Wildman–Crippen MR) is 112 cm³/mol. The van der Waals surface area contributed by atoms with E-state index in [1.165, 1.54) is 0 Å². The van der Waals surface area contributed by atoms with Crippen molar-refractivity contribution in [1.82, 2.24) is 14.8 Å². The number of piperidine rings is 1. The molecule has 1 aromatic heterocycles. The fourth-order valence-corrected chi connectivity index (χ4v) is 3.47. The number of hydrogen-bond donors (Lipinski definition) is 0. The van der Waals surface area contributed by atoms with Crippen molar-refractivity contribution in [2.24, 2.45) is 5.92 Å². The highest BCUT2D eigenvalue weighted by Gasteiger charge is 2.31. The number of pyridine rings is 1. The molecule has 7 heteroatoms. The van der Waals surface area contributed by atoms with Crippen LogP contribution in [0.15, 0.2) is 18.3 Å². The fraction of sp³-hybridized carbons (Fsp3) is 0.682. The summed E-state index contributed by atoms with van der Waals surface area (Å²) in [5.74, 6) is 0.508. The van der Waals surface area contributed by atoms with Crippen molar-refractivity contribution in [3.63, 3.8) is 0 Å². The zero-order valence-electron chi connectivity index (χ0n) is 18.6. The number of carbonyl (C=O) groups is 2. The van der Waals surface area contributed by atoms with Crippen molar-refractivity contribution in [2.75, 3.05) is 26.2 Å². The van der Waals surface area contributed by atoms with E-state index in [-0.39, 0.29) is 24.0 Å². The van der Waals surface area contributed by atoms with Crippen LogP contribution in [0.1, 0.15) is 64.7 Å². The van der Waals surface area contributed by atoms with Gasteiger partial charge in [0.1, 0.15) is 11.2 Å². The van der Waals surface area contributed by atoms with Crippen LogP contribution in [0.4, 0.5) is 4.79 Å². The Bertz CT molecular complexity index is 700. The van der Waals surface area contributed by atoms with Crippen molar-refractivity contribution in [3.8, 4) is 5.88 Å². The Balaban J connectivity index is 2.08. The van der Waals surface area contributed by atoms with Crippen LogP contribution in [0.2, 0.25) is 0 Å². The average Bonchev–Trinajstić information content (AvgIpc) is 2.65. The lowest BCUT2D eigenvalue weighted by atomic mass is 9.96. The second kappa shape index (κ2) is 9.94. The van der Waals surface area contributed by atoms with Crippen LogP contribution < -0.4 is 4.74 Å². The van der Waals surface area contributed by atoms with Crippen LogP contribution in [-0.2, 0) is 4.74 Å². The highest BCUT2D eigenvalue weighted by atomic mass is 16.6. The smallest absolute Gasteiger partial charge is 0.410 e. The first kappa shape index (κ1) is 23.0. The van der Waals surface area contributed by atoms with Crippen LogP contribution in [-0.4, -0.2) is 64.7 Å². The van der Waals surface area contributed by atoms with E-state index < -0.39 is 5.60 Å². The van der Waals surface area contributed by atoms with E-state index in [0.717, 1.165) is 12.8 Å². The monoisotopic (exact) mass is 405 g/mol. The largest absolute Gasteiger partial charge is 0.477 e. The van der Waals surface area contributed by atoms with Crippen molar-refractivity contribution in [1.29, 1.82) is 0 Å². The highest BCUT2D eigenvalue weighted by Crippen LogP contribution is 2.24. The minimum Gasteiger partial charge on any atom is -0.477 e. The molecule has 0 spiro atoms. The van der Waals surface area contributed by atoms with Gasteiger partial charge in [0.2, 0.25) is 5.88 Å². The summed E-state index contributed by atoms with van der Waals surface area (Å²) in [5, 5.41) is 0. The minimum absolute atomic E-state index is 0.0267. The number of ether oxygens (including phenoxy) is 2. The van der Waals surface area contributed by atoms with Gasteiger partial charge in [-0.3, -0.25) is 4.79 Å². The highest BCUT2D eigenvalue weighted by molar-refractivity contribution is 5.96. The van der Waals surface area contributed by atoms with Crippen LogP contribution >= 0.6 is 0 Å². The van der Waals surface area contributed by atoms with Gasteiger partial charge in [-0.1, -0.05) is 0 Å². The van der Waals surface area contributed by atoms with E-state index in [2.05, 4.69) is 4.98 Å². The number of hydrogen-bond acceptors (Lipinski definition) is 5. The maximum Gasteiger partial charge on any atom is 0.410 e. The lowest BCUT2D eigenvalue weighted by molar-refractivity contribution is 0.0124. The molecule has 2 amide bonds. The van der Waals surface area contributed by atoms with E-state index in [4.69, 9.17) is 9.47 Å². The first-order chi connectivity index (χ1) is 13.6. The molecule has 0 aliphatic carbocycles. The molecular weight excluding hydrogens is 370 g/mol. The molecule has 2 heterocycles. The lowest BCUT2D eigenvalue weighted by Crippen LogP contribution is -2.48. The maximum atomic E-state index is 13.1. The second-order valence-electron chi connectivity index (χ2n) is 8.78. The van der Waals surface area contributed by atoms with Gasteiger partial charge in [0, 0.05) is 31.9 Å². The fourth-order valence-electron chi connectivity index (χ4n) is 3.47. The van der Waals surface area contributed by atoms with Gasteiger partial charge < -0.3 is 19.3 Å². The summed E-state index contributed by atoms with van der Waals surface area (Å²) in [5.41, 5.74) is -0.0442. The van der Waals surface area contributed by atoms with Gasteiger partial charge in [-0.05, 0) is 72.4 Å². The Hall–Kier alpha value is -2.31. The van der Waals surface area contributed by atoms with Crippen LogP contribution in [0.3, 0.4) is 0 Å². The molecule has 0 aromatic carbocycles. The van der Waals surface area contributed by atoms with Crippen LogP contribution in [0.5, 0.6) is 5.88 Å². The number of rotatable bonds is 6.